The van der Waals surface area contributed by atoms with Gasteiger partial charge in [-0.1, -0.05) is 87.0 Å². The molecule has 0 bridgehead atoms. The molecule has 0 saturated heterocycles. The number of rotatable bonds is 6. The van der Waals surface area contributed by atoms with E-state index in [2.05, 4.69) is 20.8 Å². The summed E-state index contributed by atoms with van der Waals surface area (Å²) >= 11 is 0. The summed E-state index contributed by atoms with van der Waals surface area (Å²) in [5.41, 5.74) is 0. The van der Waals surface area contributed by atoms with Crippen LogP contribution in [0.3, 0.4) is 0 Å². The van der Waals surface area contributed by atoms with Crippen LogP contribution in [0, 0.1) is 5.92 Å². The number of hydrogen-bond donors (Lipinski definition) is 0. The molecule has 0 aromatic rings. The maximum Gasteiger partial charge on any atom is -0.0443 e. The molecule has 0 amide bonds. The van der Waals surface area contributed by atoms with Gasteiger partial charge in [-0.15, -0.1) is 0 Å². The predicted octanol–water partition coefficient (Wildman–Crippen LogP) is 6.06. The normalized spacial score (nSPS) is 8.57. The van der Waals surface area contributed by atoms with Gasteiger partial charge in [-0.05, 0) is 5.92 Å². The summed E-state index contributed by atoms with van der Waals surface area (Å²) in [5, 5.41) is 0. The fourth-order valence-corrected chi connectivity index (χ4v) is 1.25. The van der Waals surface area contributed by atoms with E-state index in [1.807, 2.05) is 27.7 Å². The summed E-state index contributed by atoms with van der Waals surface area (Å²) in [7, 11) is 0. The van der Waals surface area contributed by atoms with Gasteiger partial charge in [0.15, 0.2) is 0 Å². The standard InChI is InChI=1S/C10H22.2C2H6/c1-4-6-8-10(3)9-7-5-2;2*1-2/h10H,4-9H2,1-3H3;2*1-2H3. The molecule has 0 aromatic heterocycles. The zero-order chi connectivity index (χ0) is 11.8. The third kappa shape index (κ3) is 22.7. The molecule has 90 valence electrons. The molecule has 0 unspecified atom stereocenters. The molecule has 14 heavy (non-hydrogen) atoms. The third-order valence-electron chi connectivity index (χ3n) is 2.10. The Balaban J connectivity index is -0.000000266. The van der Waals surface area contributed by atoms with E-state index in [0.717, 1.165) is 5.92 Å². The summed E-state index contributed by atoms with van der Waals surface area (Å²) in [6, 6.07) is 0. The quantitative estimate of drug-likeness (QED) is 0.491. The molecule has 0 radical (unpaired) electrons. The molecule has 0 spiro atoms. The molecule has 0 saturated carbocycles. The van der Waals surface area contributed by atoms with Crippen LogP contribution in [0.1, 0.15) is 87.0 Å². The van der Waals surface area contributed by atoms with Crippen molar-refractivity contribution in [2.45, 2.75) is 87.0 Å². The highest BCUT2D eigenvalue weighted by atomic mass is 14.0. The van der Waals surface area contributed by atoms with E-state index < -0.39 is 0 Å². The average molecular weight is 202 g/mol. The van der Waals surface area contributed by atoms with Gasteiger partial charge >= 0.3 is 0 Å². The van der Waals surface area contributed by atoms with Crippen molar-refractivity contribution < 1.29 is 0 Å². The Bertz CT molecular complexity index is 49.1. The van der Waals surface area contributed by atoms with Crippen LogP contribution >= 0.6 is 0 Å². The molecule has 0 nitrogen and oxygen atoms in total. The molecule has 0 fully saturated rings. The van der Waals surface area contributed by atoms with E-state index in [0.29, 0.717) is 0 Å². The highest BCUT2D eigenvalue weighted by molar-refractivity contribution is 4.52. The van der Waals surface area contributed by atoms with Crippen LogP contribution in [0.4, 0.5) is 0 Å². The minimum atomic E-state index is 0.972. The second-order valence-electron chi connectivity index (χ2n) is 3.39. The van der Waals surface area contributed by atoms with Gasteiger partial charge in [0.05, 0.1) is 0 Å². The third-order valence-corrected chi connectivity index (χ3v) is 2.10. The van der Waals surface area contributed by atoms with Crippen LogP contribution < -0.4 is 0 Å². The van der Waals surface area contributed by atoms with E-state index in [-0.39, 0.29) is 0 Å². The van der Waals surface area contributed by atoms with Crippen LogP contribution in [0.25, 0.3) is 0 Å². The van der Waals surface area contributed by atoms with Gasteiger partial charge < -0.3 is 0 Å². The lowest BCUT2D eigenvalue weighted by Crippen LogP contribution is -1.93. The Morgan fingerprint density at radius 1 is 0.714 bits per heavy atom. The van der Waals surface area contributed by atoms with Gasteiger partial charge in [0.2, 0.25) is 0 Å². The number of unbranched alkanes of at least 4 members (excludes halogenated alkanes) is 2. The van der Waals surface area contributed by atoms with Gasteiger partial charge in [0, 0.05) is 0 Å². The first-order valence-corrected chi connectivity index (χ1v) is 6.81. The van der Waals surface area contributed by atoms with Gasteiger partial charge in [-0.3, -0.25) is 0 Å². The maximum atomic E-state index is 2.38. The average Bonchev–Trinajstić information content (AvgIpc) is 2.29. The van der Waals surface area contributed by atoms with Crippen LogP contribution in [0.5, 0.6) is 0 Å². The van der Waals surface area contributed by atoms with Crippen molar-refractivity contribution in [3.63, 3.8) is 0 Å². The Labute approximate surface area is 93.5 Å². The lowest BCUT2D eigenvalue weighted by molar-refractivity contribution is 0.454. The molecule has 0 atom stereocenters. The summed E-state index contributed by atoms with van der Waals surface area (Å²) in [6.07, 6.45) is 8.44. The Morgan fingerprint density at radius 3 is 1.21 bits per heavy atom. The van der Waals surface area contributed by atoms with Crippen molar-refractivity contribution in [2.24, 2.45) is 5.92 Å². The Hall–Kier alpha value is 0. The van der Waals surface area contributed by atoms with Crippen molar-refractivity contribution in [1.29, 1.82) is 0 Å². The highest BCUT2D eigenvalue weighted by Crippen LogP contribution is 2.14. The Morgan fingerprint density at radius 2 is 1.00 bits per heavy atom. The zero-order valence-electron chi connectivity index (χ0n) is 11.8. The lowest BCUT2D eigenvalue weighted by atomic mass is 9.98. The SMILES string of the molecule is CC.CC.CCCCC(C)CCCC. The van der Waals surface area contributed by atoms with Crippen molar-refractivity contribution in [2.75, 3.05) is 0 Å². The van der Waals surface area contributed by atoms with E-state index in [1.165, 1.54) is 38.5 Å². The summed E-state index contributed by atoms with van der Waals surface area (Å²) in [5.74, 6) is 0.972. The van der Waals surface area contributed by atoms with E-state index in [9.17, 15) is 0 Å². The minimum absolute atomic E-state index is 0.972. The smallest absolute Gasteiger partial charge is 0.0443 e. The predicted molar refractivity (Wildman–Crippen MR) is 70.9 cm³/mol. The second kappa shape index (κ2) is 23.1. The molecule has 0 aliphatic carbocycles. The summed E-state index contributed by atoms with van der Waals surface area (Å²) in [6.45, 7) is 14.9. The molecule has 0 rings (SSSR count). The molecule has 0 N–H and O–H groups in total. The van der Waals surface area contributed by atoms with Gasteiger partial charge in [-0.2, -0.15) is 0 Å². The molecule has 0 heteroatoms. The first kappa shape index (κ1) is 19.6. The van der Waals surface area contributed by atoms with E-state index >= 15 is 0 Å². The van der Waals surface area contributed by atoms with Crippen molar-refractivity contribution in [3.8, 4) is 0 Å². The topological polar surface area (TPSA) is 0 Å². The largest absolute Gasteiger partial charge is 0.0683 e. The van der Waals surface area contributed by atoms with E-state index in [1.54, 1.807) is 0 Å². The van der Waals surface area contributed by atoms with Crippen LogP contribution in [0.2, 0.25) is 0 Å². The fraction of sp³-hybridized carbons (Fsp3) is 1.00. The maximum absolute atomic E-state index is 2.38. The van der Waals surface area contributed by atoms with Crippen molar-refractivity contribution >= 4 is 0 Å². The van der Waals surface area contributed by atoms with Gasteiger partial charge in [0.1, 0.15) is 0 Å². The fourth-order valence-electron chi connectivity index (χ4n) is 1.25. The summed E-state index contributed by atoms with van der Waals surface area (Å²) < 4.78 is 0. The molecule has 0 aromatic carbocycles. The molecule has 0 aliphatic rings. The van der Waals surface area contributed by atoms with Crippen molar-refractivity contribution in [3.05, 3.63) is 0 Å². The monoisotopic (exact) mass is 202 g/mol. The highest BCUT2D eigenvalue weighted by Gasteiger charge is 1.98. The minimum Gasteiger partial charge on any atom is -0.0683 e. The molecular formula is C14H34. The number of hydrogen-bond acceptors (Lipinski definition) is 0. The molecular weight excluding hydrogens is 168 g/mol. The summed E-state index contributed by atoms with van der Waals surface area (Å²) in [4.78, 5) is 0. The van der Waals surface area contributed by atoms with Crippen LogP contribution in [-0.2, 0) is 0 Å². The van der Waals surface area contributed by atoms with Gasteiger partial charge in [0.25, 0.3) is 0 Å². The zero-order valence-corrected chi connectivity index (χ0v) is 11.8. The Kier molecular flexibility index (Phi) is 32.3. The van der Waals surface area contributed by atoms with Crippen LogP contribution in [0.15, 0.2) is 0 Å². The second-order valence-corrected chi connectivity index (χ2v) is 3.39. The van der Waals surface area contributed by atoms with Gasteiger partial charge in [-0.25, -0.2) is 0 Å². The van der Waals surface area contributed by atoms with Crippen LogP contribution in [-0.4, -0.2) is 0 Å². The first-order valence-electron chi connectivity index (χ1n) is 6.81. The van der Waals surface area contributed by atoms with E-state index in [4.69, 9.17) is 0 Å². The molecule has 0 aliphatic heterocycles. The first-order chi connectivity index (χ1) is 6.81. The van der Waals surface area contributed by atoms with Crippen molar-refractivity contribution in [1.82, 2.24) is 0 Å². The molecule has 0 heterocycles. The lowest BCUT2D eigenvalue weighted by Gasteiger charge is -2.08.